The maximum Gasteiger partial charge on any atom is 0.230 e. The van der Waals surface area contributed by atoms with E-state index in [-0.39, 0.29) is 12.3 Å². The van der Waals surface area contributed by atoms with E-state index < -0.39 is 0 Å². The normalized spacial score (nSPS) is 10.5. The second-order valence-electron chi connectivity index (χ2n) is 5.25. The maximum absolute atomic E-state index is 12.1. The number of carbonyl (C=O) groups excluding carboxylic acids is 1. The van der Waals surface area contributed by atoms with Gasteiger partial charge in [0.2, 0.25) is 5.91 Å². The van der Waals surface area contributed by atoms with Crippen molar-refractivity contribution in [2.24, 2.45) is 0 Å². The summed E-state index contributed by atoms with van der Waals surface area (Å²) in [6, 6.07) is 15.3. The predicted molar refractivity (Wildman–Crippen MR) is 96.1 cm³/mol. The van der Waals surface area contributed by atoms with Gasteiger partial charge >= 0.3 is 0 Å². The molecule has 0 atom stereocenters. The molecule has 0 fully saturated rings. The molecule has 23 heavy (non-hydrogen) atoms. The minimum Gasteiger partial charge on any atom is -0.326 e. The Labute approximate surface area is 144 Å². The van der Waals surface area contributed by atoms with E-state index in [1.165, 1.54) is 11.3 Å². The number of nitrogens with zero attached hydrogens (tertiary/aromatic N) is 1. The van der Waals surface area contributed by atoms with E-state index in [1.807, 2.05) is 60.8 Å². The van der Waals surface area contributed by atoms with E-state index in [0.717, 1.165) is 27.5 Å². The molecule has 1 aromatic heterocycles. The van der Waals surface area contributed by atoms with Crippen molar-refractivity contribution in [2.45, 2.75) is 13.3 Å². The lowest BCUT2D eigenvalue weighted by atomic mass is 10.2. The van der Waals surface area contributed by atoms with Crippen LogP contribution in [0.5, 0.6) is 0 Å². The number of amides is 1. The van der Waals surface area contributed by atoms with Crippen molar-refractivity contribution in [3.8, 4) is 10.6 Å². The molecule has 0 bridgehead atoms. The van der Waals surface area contributed by atoms with Gasteiger partial charge in [0.05, 0.1) is 12.1 Å². The van der Waals surface area contributed by atoms with Crippen molar-refractivity contribution >= 4 is 34.5 Å². The van der Waals surface area contributed by atoms with E-state index in [9.17, 15) is 4.79 Å². The minimum absolute atomic E-state index is 0.0724. The molecule has 0 saturated carbocycles. The average molecular weight is 343 g/mol. The molecule has 0 unspecified atom stereocenters. The monoisotopic (exact) mass is 342 g/mol. The molecule has 116 valence electrons. The Kier molecular flexibility index (Phi) is 4.74. The summed E-state index contributed by atoms with van der Waals surface area (Å²) in [4.78, 5) is 16.6. The number of thiazole rings is 1. The first-order chi connectivity index (χ1) is 11.1. The number of aryl methyl sites for hydroxylation is 1. The van der Waals surface area contributed by atoms with Crippen molar-refractivity contribution in [1.82, 2.24) is 4.98 Å². The highest BCUT2D eigenvalue weighted by molar-refractivity contribution is 7.13. The highest BCUT2D eigenvalue weighted by atomic mass is 35.5. The standard InChI is InChI=1S/C18H15ClN2OS/c1-12-5-7-15(8-6-12)20-17(22)10-16-11-23-18(21-16)13-3-2-4-14(19)9-13/h2-9,11H,10H2,1H3,(H,20,22). The number of nitrogens with one attached hydrogen (secondary N) is 1. The third kappa shape index (κ3) is 4.18. The lowest BCUT2D eigenvalue weighted by Gasteiger charge is -2.04. The van der Waals surface area contributed by atoms with Crippen LogP contribution < -0.4 is 5.32 Å². The first-order valence-corrected chi connectivity index (χ1v) is 8.43. The Balaban J connectivity index is 1.66. The third-order valence-electron chi connectivity index (χ3n) is 3.30. The zero-order chi connectivity index (χ0) is 16.2. The molecule has 0 aliphatic carbocycles. The lowest BCUT2D eigenvalue weighted by molar-refractivity contribution is -0.115. The third-order valence-corrected chi connectivity index (χ3v) is 4.48. The first kappa shape index (κ1) is 15.7. The van der Waals surface area contributed by atoms with Crippen LogP contribution in [0.4, 0.5) is 5.69 Å². The van der Waals surface area contributed by atoms with Crippen molar-refractivity contribution in [3.05, 3.63) is 70.2 Å². The Morgan fingerprint density at radius 1 is 1.22 bits per heavy atom. The highest BCUT2D eigenvalue weighted by Gasteiger charge is 2.09. The topological polar surface area (TPSA) is 42.0 Å². The van der Waals surface area contributed by atoms with Gasteiger partial charge < -0.3 is 5.32 Å². The molecule has 0 radical (unpaired) electrons. The van der Waals surface area contributed by atoms with Gasteiger partial charge in [0.25, 0.3) is 0 Å². The Morgan fingerprint density at radius 2 is 2.00 bits per heavy atom. The summed E-state index contributed by atoms with van der Waals surface area (Å²) in [5.41, 5.74) is 3.68. The van der Waals surface area contributed by atoms with Crippen LogP contribution in [-0.2, 0) is 11.2 Å². The molecular weight excluding hydrogens is 328 g/mol. The first-order valence-electron chi connectivity index (χ1n) is 7.17. The molecule has 3 aromatic rings. The molecule has 5 heteroatoms. The van der Waals surface area contributed by atoms with Gasteiger partial charge in [-0.25, -0.2) is 4.98 Å². The molecule has 1 amide bonds. The van der Waals surface area contributed by atoms with Crippen LogP contribution in [0.25, 0.3) is 10.6 Å². The summed E-state index contributed by atoms with van der Waals surface area (Å²) in [6.07, 6.45) is 0.255. The van der Waals surface area contributed by atoms with Gasteiger partial charge in [0.1, 0.15) is 5.01 Å². The zero-order valence-electron chi connectivity index (χ0n) is 12.5. The van der Waals surface area contributed by atoms with Crippen LogP contribution in [0.15, 0.2) is 53.9 Å². The fourth-order valence-electron chi connectivity index (χ4n) is 2.15. The van der Waals surface area contributed by atoms with Crippen LogP contribution in [0.3, 0.4) is 0 Å². The summed E-state index contributed by atoms with van der Waals surface area (Å²) in [6.45, 7) is 2.01. The number of carbonyl (C=O) groups is 1. The van der Waals surface area contributed by atoms with Gasteiger partial charge in [-0.1, -0.05) is 41.4 Å². The smallest absolute Gasteiger partial charge is 0.230 e. The summed E-state index contributed by atoms with van der Waals surface area (Å²) < 4.78 is 0. The largest absolute Gasteiger partial charge is 0.326 e. The zero-order valence-corrected chi connectivity index (χ0v) is 14.1. The molecule has 3 rings (SSSR count). The van der Waals surface area contributed by atoms with Crippen molar-refractivity contribution in [1.29, 1.82) is 0 Å². The van der Waals surface area contributed by atoms with E-state index in [0.29, 0.717) is 5.02 Å². The van der Waals surface area contributed by atoms with Gasteiger partial charge in [0.15, 0.2) is 0 Å². The average Bonchev–Trinajstić information content (AvgIpc) is 2.98. The van der Waals surface area contributed by atoms with Crippen LogP contribution in [0.2, 0.25) is 5.02 Å². The molecule has 3 nitrogen and oxygen atoms in total. The van der Waals surface area contributed by atoms with Crippen LogP contribution in [-0.4, -0.2) is 10.9 Å². The van der Waals surface area contributed by atoms with Gasteiger partial charge in [-0.05, 0) is 31.2 Å². The molecular formula is C18H15ClN2OS. The van der Waals surface area contributed by atoms with Crippen LogP contribution >= 0.6 is 22.9 Å². The number of rotatable bonds is 4. The Bertz CT molecular complexity index is 827. The van der Waals surface area contributed by atoms with E-state index in [2.05, 4.69) is 10.3 Å². The molecule has 0 aliphatic rings. The van der Waals surface area contributed by atoms with Gasteiger partial charge in [-0.3, -0.25) is 4.79 Å². The van der Waals surface area contributed by atoms with E-state index in [4.69, 9.17) is 11.6 Å². The number of hydrogen-bond donors (Lipinski definition) is 1. The van der Waals surface area contributed by atoms with Crippen molar-refractivity contribution in [2.75, 3.05) is 5.32 Å². The van der Waals surface area contributed by atoms with Crippen LogP contribution in [0.1, 0.15) is 11.3 Å². The second kappa shape index (κ2) is 6.94. The number of hydrogen-bond acceptors (Lipinski definition) is 3. The number of aromatic nitrogens is 1. The number of halogens is 1. The Morgan fingerprint density at radius 3 is 2.74 bits per heavy atom. The molecule has 0 saturated heterocycles. The van der Waals surface area contributed by atoms with Gasteiger partial charge in [0, 0.05) is 21.7 Å². The summed E-state index contributed by atoms with van der Waals surface area (Å²) in [7, 11) is 0. The lowest BCUT2D eigenvalue weighted by Crippen LogP contribution is -2.14. The molecule has 1 N–H and O–H groups in total. The number of anilines is 1. The summed E-state index contributed by atoms with van der Waals surface area (Å²) >= 11 is 7.51. The van der Waals surface area contributed by atoms with Crippen LogP contribution in [0, 0.1) is 6.92 Å². The quantitative estimate of drug-likeness (QED) is 0.728. The SMILES string of the molecule is Cc1ccc(NC(=O)Cc2csc(-c3cccc(Cl)c3)n2)cc1. The fraction of sp³-hybridized carbons (Fsp3) is 0.111. The molecule has 2 aromatic carbocycles. The summed E-state index contributed by atoms with van der Waals surface area (Å²) in [5, 5.41) is 6.33. The maximum atomic E-state index is 12.1. The highest BCUT2D eigenvalue weighted by Crippen LogP contribution is 2.26. The minimum atomic E-state index is -0.0724. The second-order valence-corrected chi connectivity index (χ2v) is 6.54. The fourth-order valence-corrected chi connectivity index (χ4v) is 3.16. The van der Waals surface area contributed by atoms with E-state index >= 15 is 0 Å². The van der Waals surface area contributed by atoms with Gasteiger partial charge in [-0.2, -0.15) is 0 Å². The van der Waals surface area contributed by atoms with Crippen molar-refractivity contribution < 1.29 is 4.79 Å². The number of benzene rings is 2. The van der Waals surface area contributed by atoms with Gasteiger partial charge in [-0.15, -0.1) is 11.3 Å². The van der Waals surface area contributed by atoms with E-state index in [1.54, 1.807) is 0 Å². The Hall–Kier alpha value is -2.17. The molecule has 0 aliphatic heterocycles. The predicted octanol–water partition coefficient (Wildman–Crippen LogP) is 4.95. The molecule has 1 heterocycles. The van der Waals surface area contributed by atoms with Crippen molar-refractivity contribution in [3.63, 3.8) is 0 Å². The molecule has 0 spiro atoms. The summed E-state index contributed by atoms with van der Waals surface area (Å²) in [5.74, 6) is -0.0724.